The highest BCUT2D eigenvalue weighted by Gasteiger charge is 2.28. The molecule has 142 valence electrons. The van der Waals surface area contributed by atoms with Crippen LogP contribution in [-0.2, 0) is 29.0 Å². The van der Waals surface area contributed by atoms with E-state index in [9.17, 15) is 4.79 Å². The number of carbonyl (C=O) groups is 1. The lowest BCUT2D eigenvalue weighted by Crippen LogP contribution is -2.22. The van der Waals surface area contributed by atoms with Gasteiger partial charge >= 0.3 is 5.97 Å². The monoisotopic (exact) mass is 376 g/mol. The van der Waals surface area contributed by atoms with E-state index in [0.29, 0.717) is 18.3 Å². The summed E-state index contributed by atoms with van der Waals surface area (Å²) in [5, 5.41) is 11.6. The van der Waals surface area contributed by atoms with E-state index in [-0.39, 0.29) is 5.97 Å². The van der Waals surface area contributed by atoms with Gasteiger partial charge in [0.05, 0.1) is 13.3 Å². The molecule has 0 saturated heterocycles. The van der Waals surface area contributed by atoms with Gasteiger partial charge < -0.3 is 9.47 Å². The van der Waals surface area contributed by atoms with Gasteiger partial charge in [0.1, 0.15) is 6.73 Å². The van der Waals surface area contributed by atoms with Crippen LogP contribution in [0.2, 0.25) is 25.7 Å². The second-order valence-electron chi connectivity index (χ2n) is 8.12. The average molecular weight is 377 g/mol. The van der Waals surface area contributed by atoms with E-state index in [4.69, 9.17) is 9.47 Å². The Hall–Kier alpha value is -1.93. The molecule has 26 heavy (non-hydrogen) atoms. The molecule has 8 heteroatoms. The maximum Gasteiger partial charge on any atom is 0.358 e. The molecular weight excluding hydrogens is 348 g/mol. The molecule has 0 fully saturated rings. The quantitative estimate of drug-likeness (QED) is 0.456. The summed E-state index contributed by atoms with van der Waals surface area (Å²) in [5.41, 5.74) is 3.65. The van der Waals surface area contributed by atoms with Crippen molar-refractivity contribution in [1.29, 1.82) is 0 Å². The van der Waals surface area contributed by atoms with Crippen molar-refractivity contribution in [2.45, 2.75) is 57.6 Å². The average Bonchev–Trinajstić information content (AvgIpc) is 3.23. The number of aromatic amines is 1. The largest absolute Gasteiger partial charge is 0.464 e. The highest BCUT2D eigenvalue weighted by molar-refractivity contribution is 6.76. The van der Waals surface area contributed by atoms with Crippen LogP contribution < -0.4 is 0 Å². The molecule has 0 aromatic carbocycles. The molecule has 3 rings (SSSR count). The lowest BCUT2D eigenvalue weighted by atomic mass is 9.83. The summed E-state index contributed by atoms with van der Waals surface area (Å²) in [6.45, 7) is 8.34. The molecule has 0 radical (unpaired) electrons. The Kier molecular flexibility index (Phi) is 5.62. The molecule has 0 bridgehead atoms. The van der Waals surface area contributed by atoms with Crippen molar-refractivity contribution in [2.75, 3.05) is 13.7 Å². The predicted molar refractivity (Wildman–Crippen MR) is 101 cm³/mol. The van der Waals surface area contributed by atoms with Crippen LogP contribution in [0.3, 0.4) is 0 Å². The fourth-order valence-corrected chi connectivity index (χ4v) is 4.01. The van der Waals surface area contributed by atoms with Crippen LogP contribution in [0.5, 0.6) is 0 Å². The Morgan fingerprint density at radius 1 is 1.42 bits per heavy atom. The molecule has 1 aliphatic carbocycles. The highest BCUT2D eigenvalue weighted by Crippen LogP contribution is 2.33. The molecule has 1 aliphatic rings. The van der Waals surface area contributed by atoms with Gasteiger partial charge in [-0.25, -0.2) is 9.48 Å². The summed E-state index contributed by atoms with van der Waals surface area (Å²) in [4.78, 5) is 11.8. The normalized spacial score (nSPS) is 17.2. The molecule has 0 saturated carbocycles. The van der Waals surface area contributed by atoms with E-state index < -0.39 is 8.07 Å². The van der Waals surface area contributed by atoms with Gasteiger partial charge in [-0.1, -0.05) is 19.6 Å². The minimum Gasteiger partial charge on any atom is -0.464 e. The number of aromatic nitrogens is 4. The minimum absolute atomic E-state index is 0.371. The van der Waals surface area contributed by atoms with Crippen molar-refractivity contribution in [3.63, 3.8) is 0 Å². The van der Waals surface area contributed by atoms with E-state index in [2.05, 4.69) is 41.1 Å². The fourth-order valence-electron chi connectivity index (χ4n) is 3.25. The minimum atomic E-state index is -1.06. The van der Waals surface area contributed by atoms with Crippen molar-refractivity contribution >= 4 is 14.0 Å². The number of esters is 1. The van der Waals surface area contributed by atoms with Gasteiger partial charge in [0.15, 0.2) is 5.69 Å². The number of carbonyl (C=O) groups excluding carboxylic acids is 1. The zero-order chi connectivity index (χ0) is 18.7. The summed E-state index contributed by atoms with van der Waals surface area (Å²) < 4.78 is 12.4. The van der Waals surface area contributed by atoms with Crippen LogP contribution in [0.15, 0.2) is 12.4 Å². The molecule has 1 N–H and O–H groups in total. The lowest BCUT2D eigenvalue weighted by molar-refractivity contribution is 0.0592. The van der Waals surface area contributed by atoms with Crippen LogP contribution >= 0.6 is 0 Å². The molecule has 2 heterocycles. The van der Waals surface area contributed by atoms with Crippen molar-refractivity contribution in [2.24, 2.45) is 0 Å². The summed E-state index contributed by atoms with van der Waals surface area (Å²) in [7, 11) is 0.327. The first-order valence-corrected chi connectivity index (χ1v) is 12.8. The number of hydrogen-bond acceptors (Lipinski definition) is 5. The summed E-state index contributed by atoms with van der Waals surface area (Å²) >= 11 is 0. The van der Waals surface area contributed by atoms with Gasteiger partial charge in [-0.2, -0.15) is 10.2 Å². The number of nitrogens with zero attached hydrogens (tertiary/aromatic N) is 3. The number of nitrogens with one attached hydrogen (secondary N) is 1. The van der Waals surface area contributed by atoms with Gasteiger partial charge in [0.25, 0.3) is 0 Å². The number of fused-ring (bicyclic) bond motifs is 1. The van der Waals surface area contributed by atoms with Crippen molar-refractivity contribution in [3.05, 3.63) is 34.9 Å². The topological polar surface area (TPSA) is 82.0 Å². The van der Waals surface area contributed by atoms with E-state index in [1.54, 1.807) is 0 Å². The molecule has 7 nitrogen and oxygen atoms in total. The molecule has 0 spiro atoms. The van der Waals surface area contributed by atoms with Crippen LogP contribution in [-0.4, -0.2) is 47.7 Å². The van der Waals surface area contributed by atoms with E-state index in [0.717, 1.165) is 43.2 Å². The highest BCUT2D eigenvalue weighted by atomic mass is 28.3. The second kappa shape index (κ2) is 7.75. The third kappa shape index (κ3) is 4.42. The number of H-pyrrole nitrogens is 1. The molecule has 1 unspecified atom stereocenters. The predicted octanol–water partition coefficient (Wildman–Crippen LogP) is 2.98. The van der Waals surface area contributed by atoms with Gasteiger partial charge in [-0.3, -0.25) is 5.10 Å². The molecule has 2 aromatic rings. The van der Waals surface area contributed by atoms with Gasteiger partial charge in [0, 0.05) is 32.1 Å². The van der Waals surface area contributed by atoms with E-state index in [1.807, 2.05) is 10.9 Å². The molecule has 2 aromatic heterocycles. The Morgan fingerprint density at radius 3 is 2.96 bits per heavy atom. The Morgan fingerprint density at radius 2 is 2.23 bits per heavy atom. The number of ether oxygens (including phenoxy) is 2. The van der Waals surface area contributed by atoms with Gasteiger partial charge in [-0.05, 0) is 36.8 Å². The number of methoxy groups -OCH3 is 1. The lowest BCUT2D eigenvalue weighted by Gasteiger charge is -2.20. The standard InChI is InChI=1S/C18H28N4O3Si/c1-24-18(23)17-15-6-5-13(9-16(15)20-21-17)14-10-19-22(11-14)12-25-7-8-26(2,3)4/h10-11,13H,5-9,12H2,1-4H3,(H,20,21). The van der Waals surface area contributed by atoms with E-state index >= 15 is 0 Å². The Labute approximate surface area is 155 Å². The van der Waals surface area contributed by atoms with Crippen molar-refractivity contribution < 1.29 is 14.3 Å². The summed E-state index contributed by atoms with van der Waals surface area (Å²) in [5.74, 6) is 0.00779. The Balaban J connectivity index is 1.57. The first-order chi connectivity index (χ1) is 12.4. The Bertz CT molecular complexity index is 763. The first kappa shape index (κ1) is 18.8. The summed E-state index contributed by atoms with van der Waals surface area (Å²) in [6, 6.07) is 1.16. The molecular formula is C18H28N4O3Si. The van der Waals surface area contributed by atoms with Gasteiger partial charge in [0.2, 0.25) is 0 Å². The van der Waals surface area contributed by atoms with Crippen LogP contribution in [0.25, 0.3) is 0 Å². The smallest absolute Gasteiger partial charge is 0.358 e. The van der Waals surface area contributed by atoms with Crippen LogP contribution in [0, 0.1) is 0 Å². The maximum atomic E-state index is 11.8. The van der Waals surface area contributed by atoms with Crippen LogP contribution in [0.4, 0.5) is 0 Å². The molecule has 1 atom stereocenters. The fraction of sp³-hybridized carbons (Fsp3) is 0.611. The maximum absolute atomic E-state index is 11.8. The van der Waals surface area contributed by atoms with Crippen molar-refractivity contribution in [3.8, 4) is 0 Å². The molecule has 0 aliphatic heterocycles. The second-order valence-corrected chi connectivity index (χ2v) is 13.7. The van der Waals surface area contributed by atoms with Crippen molar-refractivity contribution in [1.82, 2.24) is 20.0 Å². The zero-order valence-corrected chi connectivity index (χ0v) is 17.0. The first-order valence-electron chi connectivity index (χ1n) is 9.12. The number of hydrogen-bond donors (Lipinski definition) is 1. The zero-order valence-electron chi connectivity index (χ0n) is 16.0. The third-order valence-electron chi connectivity index (χ3n) is 4.87. The SMILES string of the molecule is COC(=O)c1n[nH]c2c1CCC(c1cnn(COCC[Si](C)(C)C)c1)C2. The van der Waals surface area contributed by atoms with Crippen LogP contribution in [0.1, 0.15) is 39.6 Å². The summed E-state index contributed by atoms with van der Waals surface area (Å²) in [6.07, 6.45) is 6.62. The van der Waals surface area contributed by atoms with E-state index in [1.165, 1.54) is 12.7 Å². The third-order valence-corrected chi connectivity index (χ3v) is 6.57. The number of rotatable bonds is 7. The molecule has 0 amide bonds. The van der Waals surface area contributed by atoms with Gasteiger partial charge in [-0.15, -0.1) is 0 Å².